The van der Waals surface area contributed by atoms with Crippen molar-refractivity contribution in [2.24, 2.45) is 0 Å². The fourth-order valence-electron chi connectivity index (χ4n) is 2.35. The van der Waals surface area contributed by atoms with E-state index in [9.17, 15) is 4.79 Å². The molecule has 2 rings (SSSR count). The smallest absolute Gasteiger partial charge is 0.241 e. The number of nitrogens with zero attached hydrogens (tertiary/aromatic N) is 1. The number of benzene rings is 1. The molecule has 1 saturated heterocycles. The number of anilines is 1. The molecule has 0 radical (unpaired) electrons. The van der Waals surface area contributed by atoms with Crippen molar-refractivity contribution < 1.29 is 4.79 Å². The zero-order valence-corrected chi connectivity index (χ0v) is 11.0. The predicted molar refractivity (Wildman–Crippen MR) is 73.6 cm³/mol. The van der Waals surface area contributed by atoms with Gasteiger partial charge in [0.1, 0.15) is 0 Å². The van der Waals surface area contributed by atoms with Crippen LogP contribution in [0.25, 0.3) is 0 Å². The number of carbonyl (C=O) groups is 1. The molecule has 2 N–H and O–H groups in total. The van der Waals surface area contributed by atoms with Gasteiger partial charge in [-0.3, -0.25) is 9.69 Å². The summed E-state index contributed by atoms with van der Waals surface area (Å²) in [7, 11) is 0. The molecule has 1 aromatic carbocycles. The first-order valence-corrected chi connectivity index (χ1v) is 6.51. The van der Waals surface area contributed by atoms with E-state index in [1.165, 1.54) is 0 Å². The lowest BCUT2D eigenvalue weighted by Crippen LogP contribution is -2.56. The van der Waals surface area contributed by atoms with Gasteiger partial charge in [0.25, 0.3) is 0 Å². The van der Waals surface area contributed by atoms with Crippen molar-refractivity contribution in [1.29, 1.82) is 0 Å². The summed E-state index contributed by atoms with van der Waals surface area (Å²) < 4.78 is 0. The molecule has 2 atom stereocenters. The molecule has 1 heterocycles. The van der Waals surface area contributed by atoms with Crippen molar-refractivity contribution in [3.05, 3.63) is 30.3 Å². The molecular formula is C14H21N3O. The van der Waals surface area contributed by atoms with Gasteiger partial charge < -0.3 is 10.6 Å². The molecule has 0 aromatic heterocycles. The molecule has 0 saturated carbocycles. The number of piperazine rings is 1. The molecule has 0 bridgehead atoms. The second-order valence-electron chi connectivity index (χ2n) is 4.82. The summed E-state index contributed by atoms with van der Waals surface area (Å²) in [5, 5.41) is 6.29. The van der Waals surface area contributed by atoms with Gasteiger partial charge in [-0.05, 0) is 26.0 Å². The highest BCUT2D eigenvalue weighted by molar-refractivity contribution is 5.94. The van der Waals surface area contributed by atoms with Crippen LogP contribution in [0.5, 0.6) is 0 Å². The Morgan fingerprint density at radius 1 is 1.44 bits per heavy atom. The van der Waals surface area contributed by atoms with Crippen molar-refractivity contribution in [2.75, 3.05) is 25.0 Å². The van der Waals surface area contributed by atoms with Gasteiger partial charge in [-0.1, -0.05) is 18.2 Å². The molecule has 1 aliphatic heterocycles. The normalized spacial score (nSPS) is 22.4. The third-order valence-corrected chi connectivity index (χ3v) is 3.47. The quantitative estimate of drug-likeness (QED) is 0.846. The Kier molecular flexibility index (Phi) is 4.33. The van der Waals surface area contributed by atoms with Crippen LogP contribution in [0.4, 0.5) is 5.69 Å². The fraction of sp³-hybridized carbons (Fsp3) is 0.500. The standard InChI is InChI=1S/C14H21N3O/c1-11-10-15-8-9-17(11)12(2)14(18)16-13-6-4-3-5-7-13/h3-7,11-12,15H,8-10H2,1-2H3,(H,16,18)/t11-,12?/m0/s1. The lowest BCUT2D eigenvalue weighted by molar-refractivity contribution is -0.121. The molecule has 18 heavy (non-hydrogen) atoms. The lowest BCUT2D eigenvalue weighted by atomic mass is 10.1. The summed E-state index contributed by atoms with van der Waals surface area (Å²) in [5.41, 5.74) is 0.858. The second kappa shape index (κ2) is 5.98. The van der Waals surface area contributed by atoms with Crippen molar-refractivity contribution in [3.8, 4) is 0 Å². The molecule has 1 fully saturated rings. The van der Waals surface area contributed by atoms with Gasteiger partial charge in [0, 0.05) is 31.4 Å². The number of rotatable bonds is 3. The summed E-state index contributed by atoms with van der Waals surface area (Å²) in [6.07, 6.45) is 0. The van der Waals surface area contributed by atoms with Crippen molar-refractivity contribution in [3.63, 3.8) is 0 Å². The lowest BCUT2D eigenvalue weighted by Gasteiger charge is -2.37. The highest BCUT2D eigenvalue weighted by atomic mass is 16.2. The molecule has 0 spiro atoms. The molecule has 1 aliphatic rings. The number of amides is 1. The van der Waals surface area contributed by atoms with Crippen LogP contribution in [0.1, 0.15) is 13.8 Å². The first-order chi connectivity index (χ1) is 8.68. The Morgan fingerprint density at radius 2 is 2.17 bits per heavy atom. The van der Waals surface area contributed by atoms with Gasteiger partial charge in [-0.25, -0.2) is 0 Å². The van der Waals surface area contributed by atoms with E-state index in [1.54, 1.807) is 0 Å². The Labute approximate surface area is 108 Å². The Balaban J connectivity index is 1.96. The van der Waals surface area contributed by atoms with Crippen LogP contribution in [0, 0.1) is 0 Å². The van der Waals surface area contributed by atoms with Crippen molar-refractivity contribution >= 4 is 11.6 Å². The van der Waals surface area contributed by atoms with Gasteiger partial charge in [0.15, 0.2) is 0 Å². The SMILES string of the molecule is CC(C(=O)Nc1ccccc1)N1CCNC[C@@H]1C. The maximum absolute atomic E-state index is 12.2. The van der Waals surface area contributed by atoms with E-state index < -0.39 is 0 Å². The molecule has 1 amide bonds. The van der Waals surface area contributed by atoms with Crippen LogP contribution < -0.4 is 10.6 Å². The maximum atomic E-state index is 12.2. The third-order valence-electron chi connectivity index (χ3n) is 3.47. The Bertz CT molecular complexity index is 393. The van der Waals surface area contributed by atoms with Crippen molar-refractivity contribution in [2.45, 2.75) is 25.9 Å². The van der Waals surface area contributed by atoms with Crippen LogP contribution >= 0.6 is 0 Å². The van der Waals surface area contributed by atoms with Crippen LogP contribution in [0.15, 0.2) is 30.3 Å². The van der Waals surface area contributed by atoms with Gasteiger partial charge in [0.2, 0.25) is 5.91 Å². The summed E-state index contributed by atoms with van der Waals surface area (Å²) >= 11 is 0. The van der Waals surface area contributed by atoms with Gasteiger partial charge in [0.05, 0.1) is 6.04 Å². The molecule has 4 heteroatoms. The van der Waals surface area contributed by atoms with E-state index in [1.807, 2.05) is 37.3 Å². The van der Waals surface area contributed by atoms with Crippen LogP contribution in [-0.4, -0.2) is 42.5 Å². The van der Waals surface area contributed by atoms with Crippen LogP contribution in [-0.2, 0) is 4.79 Å². The van der Waals surface area contributed by atoms with E-state index >= 15 is 0 Å². The van der Waals surface area contributed by atoms with Crippen LogP contribution in [0.2, 0.25) is 0 Å². The Hall–Kier alpha value is -1.39. The number of hydrogen-bond acceptors (Lipinski definition) is 3. The molecule has 4 nitrogen and oxygen atoms in total. The first-order valence-electron chi connectivity index (χ1n) is 6.51. The van der Waals surface area contributed by atoms with E-state index in [4.69, 9.17) is 0 Å². The number of para-hydroxylation sites is 1. The summed E-state index contributed by atoms with van der Waals surface area (Å²) in [6, 6.07) is 9.91. The minimum atomic E-state index is -0.0951. The highest BCUT2D eigenvalue weighted by Crippen LogP contribution is 2.11. The average molecular weight is 247 g/mol. The zero-order valence-electron chi connectivity index (χ0n) is 11.0. The fourth-order valence-corrected chi connectivity index (χ4v) is 2.35. The number of hydrogen-bond donors (Lipinski definition) is 2. The largest absolute Gasteiger partial charge is 0.325 e. The van der Waals surface area contributed by atoms with E-state index in [0.717, 1.165) is 25.3 Å². The molecule has 1 aromatic rings. The minimum absolute atomic E-state index is 0.0648. The van der Waals surface area contributed by atoms with Gasteiger partial charge in [-0.2, -0.15) is 0 Å². The monoisotopic (exact) mass is 247 g/mol. The minimum Gasteiger partial charge on any atom is -0.325 e. The molecular weight excluding hydrogens is 226 g/mol. The highest BCUT2D eigenvalue weighted by Gasteiger charge is 2.27. The van der Waals surface area contributed by atoms with Gasteiger partial charge >= 0.3 is 0 Å². The van der Waals surface area contributed by atoms with Crippen molar-refractivity contribution in [1.82, 2.24) is 10.2 Å². The molecule has 1 unspecified atom stereocenters. The van der Waals surface area contributed by atoms with Crippen LogP contribution in [0.3, 0.4) is 0 Å². The summed E-state index contributed by atoms with van der Waals surface area (Å²) in [6.45, 7) is 6.94. The Morgan fingerprint density at radius 3 is 2.83 bits per heavy atom. The average Bonchev–Trinajstić information content (AvgIpc) is 2.39. The predicted octanol–water partition coefficient (Wildman–Crippen LogP) is 1.31. The number of nitrogens with one attached hydrogen (secondary N) is 2. The summed E-state index contributed by atoms with van der Waals surface area (Å²) in [4.78, 5) is 14.4. The van der Waals surface area contributed by atoms with E-state index in [-0.39, 0.29) is 11.9 Å². The zero-order chi connectivity index (χ0) is 13.0. The van der Waals surface area contributed by atoms with E-state index in [2.05, 4.69) is 22.5 Å². The number of carbonyl (C=O) groups excluding carboxylic acids is 1. The maximum Gasteiger partial charge on any atom is 0.241 e. The third kappa shape index (κ3) is 3.09. The summed E-state index contributed by atoms with van der Waals surface area (Å²) in [5.74, 6) is 0.0648. The molecule has 0 aliphatic carbocycles. The first kappa shape index (κ1) is 13.1. The van der Waals surface area contributed by atoms with E-state index in [0.29, 0.717) is 6.04 Å². The van der Waals surface area contributed by atoms with Gasteiger partial charge in [-0.15, -0.1) is 0 Å². The molecule has 98 valence electrons. The topological polar surface area (TPSA) is 44.4 Å². The second-order valence-corrected chi connectivity index (χ2v) is 4.82.